The van der Waals surface area contributed by atoms with Crippen LogP contribution in [0.3, 0.4) is 0 Å². The molecule has 0 saturated carbocycles. The Kier molecular flexibility index (Phi) is 5.02. The van der Waals surface area contributed by atoms with E-state index in [1.54, 1.807) is 12.4 Å². The van der Waals surface area contributed by atoms with Crippen molar-refractivity contribution in [1.29, 1.82) is 0 Å². The topological polar surface area (TPSA) is 61.3 Å². The number of aromatic nitrogens is 2. The number of rotatable bonds is 5. The van der Waals surface area contributed by atoms with Gasteiger partial charge in [0.05, 0.1) is 10.6 Å². The zero-order valence-electron chi connectivity index (χ0n) is 12.2. The molecule has 1 aromatic carbocycles. The minimum absolute atomic E-state index is 0.444. The van der Waals surface area contributed by atoms with Gasteiger partial charge in [-0.25, -0.2) is 9.97 Å². The Bertz CT molecular complexity index is 620. The van der Waals surface area contributed by atoms with Gasteiger partial charge in [0, 0.05) is 38.6 Å². The molecule has 0 amide bonds. The van der Waals surface area contributed by atoms with Crippen molar-refractivity contribution in [2.45, 2.75) is 19.1 Å². The summed E-state index contributed by atoms with van der Waals surface area (Å²) in [5.74, 6) is 0.534. The van der Waals surface area contributed by atoms with Gasteiger partial charge in [-0.3, -0.25) is 4.90 Å². The second-order valence-corrected chi connectivity index (χ2v) is 6.43. The third-order valence-electron chi connectivity index (χ3n) is 3.79. The summed E-state index contributed by atoms with van der Waals surface area (Å²) in [6.45, 7) is 2.99. The number of β-amino-alcohol motifs (C(OH)–C–C–N with tert-alkyl or cyclic N) is 1. The number of nitrogens with one attached hydrogen (secondary N) is 1. The lowest BCUT2D eigenvalue weighted by atomic mass is 10.00. The van der Waals surface area contributed by atoms with Crippen LogP contribution in [0.2, 0.25) is 0 Å². The first-order chi connectivity index (χ1) is 10.7. The van der Waals surface area contributed by atoms with Crippen LogP contribution in [0, 0.1) is 0 Å². The lowest BCUT2D eigenvalue weighted by molar-refractivity contribution is 0.114. The summed E-state index contributed by atoms with van der Waals surface area (Å²) >= 11 is 3.30. The number of nitrogens with zero attached hydrogens (tertiary/aromatic N) is 3. The van der Waals surface area contributed by atoms with Crippen molar-refractivity contribution in [3.8, 4) is 0 Å². The molecule has 116 valence electrons. The average Bonchev–Trinajstić information content (AvgIpc) is 2.54. The molecule has 6 heteroatoms. The lowest BCUT2D eigenvalue weighted by Crippen LogP contribution is -2.39. The number of fused-ring (bicyclic) bond motifs is 1. The molecule has 2 N–H and O–H groups in total. The molecule has 1 atom stereocenters. The number of aliphatic hydroxyl groups is 1. The van der Waals surface area contributed by atoms with Crippen LogP contribution in [0.25, 0.3) is 0 Å². The molecule has 2 heterocycles. The Morgan fingerprint density at radius 1 is 1.23 bits per heavy atom. The van der Waals surface area contributed by atoms with Crippen LogP contribution in [0.1, 0.15) is 11.1 Å². The zero-order chi connectivity index (χ0) is 15.4. The van der Waals surface area contributed by atoms with E-state index in [1.807, 2.05) is 0 Å². The van der Waals surface area contributed by atoms with E-state index in [1.165, 1.54) is 11.1 Å². The van der Waals surface area contributed by atoms with Crippen LogP contribution in [-0.2, 0) is 13.0 Å². The van der Waals surface area contributed by atoms with Crippen molar-refractivity contribution in [2.24, 2.45) is 0 Å². The fourth-order valence-electron chi connectivity index (χ4n) is 2.69. The maximum Gasteiger partial charge on any atom is 0.222 e. The maximum atomic E-state index is 10.2. The average molecular weight is 363 g/mol. The fourth-order valence-corrected chi connectivity index (χ4v) is 2.89. The number of hydrogen-bond donors (Lipinski definition) is 2. The summed E-state index contributed by atoms with van der Waals surface area (Å²) in [4.78, 5) is 10.6. The number of benzene rings is 1. The van der Waals surface area contributed by atoms with Crippen molar-refractivity contribution in [2.75, 3.05) is 25.0 Å². The molecule has 0 fully saturated rings. The first-order valence-electron chi connectivity index (χ1n) is 7.39. The number of aliphatic hydroxyl groups excluding tert-OH is 1. The van der Waals surface area contributed by atoms with Crippen LogP contribution >= 0.6 is 15.9 Å². The SMILES string of the molecule is OC(CNc1ncc(Br)cn1)CN1CCc2ccccc2C1. The van der Waals surface area contributed by atoms with Gasteiger partial charge in [-0.1, -0.05) is 24.3 Å². The highest BCUT2D eigenvalue weighted by Gasteiger charge is 2.18. The molecule has 1 unspecified atom stereocenters. The van der Waals surface area contributed by atoms with Gasteiger partial charge < -0.3 is 10.4 Å². The van der Waals surface area contributed by atoms with Gasteiger partial charge in [0.15, 0.2) is 0 Å². The van der Waals surface area contributed by atoms with Gasteiger partial charge in [0.2, 0.25) is 5.95 Å². The van der Waals surface area contributed by atoms with Crippen molar-refractivity contribution < 1.29 is 5.11 Å². The van der Waals surface area contributed by atoms with E-state index >= 15 is 0 Å². The Balaban J connectivity index is 1.48. The molecule has 0 saturated heterocycles. The summed E-state index contributed by atoms with van der Waals surface area (Å²) in [6.07, 6.45) is 3.97. The standard InChI is InChI=1S/C16H19BrN4O/c17-14-7-18-16(19-8-14)20-9-15(22)11-21-6-5-12-3-1-2-4-13(12)10-21/h1-4,7-8,15,22H,5-6,9-11H2,(H,18,19,20). The molecule has 1 aliphatic heterocycles. The van der Waals surface area contributed by atoms with E-state index in [0.29, 0.717) is 19.0 Å². The van der Waals surface area contributed by atoms with Crippen LogP contribution < -0.4 is 5.32 Å². The van der Waals surface area contributed by atoms with Crippen LogP contribution in [0.4, 0.5) is 5.95 Å². The van der Waals surface area contributed by atoms with Crippen LogP contribution in [-0.4, -0.2) is 45.7 Å². The van der Waals surface area contributed by atoms with Gasteiger partial charge in [0.1, 0.15) is 0 Å². The van der Waals surface area contributed by atoms with Crippen LogP contribution in [0.5, 0.6) is 0 Å². The summed E-state index contributed by atoms with van der Waals surface area (Å²) < 4.78 is 0.839. The third kappa shape index (κ3) is 4.03. The first-order valence-corrected chi connectivity index (χ1v) is 8.18. The maximum absolute atomic E-state index is 10.2. The van der Waals surface area contributed by atoms with Gasteiger partial charge in [0.25, 0.3) is 0 Å². The Hall–Kier alpha value is -1.50. The monoisotopic (exact) mass is 362 g/mol. The number of hydrogen-bond acceptors (Lipinski definition) is 5. The van der Waals surface area contributed by atoms with E-state index in [2.05, 4.69) is 60.4 Å². The summed E-state index contributed by atoms with van der Waals surface area (Å²) in [5, 5.41) is 13.3. The highest BCUT2D eigenvalue weighted by molar-refractivity contribution is 9.10. The molecule has 0 bridgehead atoms. The predicted molar refractivity (Wildman–Crippen MR) is 89.7 cm³/mol. The highest BCUT2D eigenvalue weighted by atomic mass is 79.9. The van der Waals surface area contributed by atoms with E-state index in [9.17, 15) is 5.11 Å². The molecule has 3 rings (SSSR count). The molecule has 2 aromatic rings. The molecule has 0 radical (unpaired) electrons. The van der Waals surface area contributed by atoms with E-state index in [0.717, 1.165) is 24.0 Å². The summed E-state index contributed by atoms with van der Waals surface area (Å²) in [6, 6.07) is 8.52. The van der Waals surface area contributed by atoms with E-state index < -0.39 is 6.10 Å². The molecule has 22 heavy (non-hydrogen) atoms. The largest absolute Gasteiger partial charge is 0.390 e. The van der Waals surface area contributed by atoms with Crippen molar-refractivity contribution in [3.05, 3.63) is 52.3 Å². The minimum atomic E-state index is -0.447. The number of halogens is 1. The van der Waals surface area contributed by atoms with Gasteiger partial charge in [-0.2, -0.15) is 0 Å². The Morgan fingerprint density at radius 2 is 1.95 bits per heavy atom. The highest BCUT2D eigenvalue weighted by Crippen LogP contribution is 2.18. The third-order valence-corrected chi connectivity index (χ3v) is 4.20. The molecular formula is C16H19BrN4O. The van der Waals surface area contributed by atoms with Gasteiger partial charge in [-0.15, -0.1) is 0 Å². The minimum Gasteiger partial charge on any atom is -0.390 e. The summed E-state index contributed by atoms with van der Waals surface area (Å²) in [7, 11) is 0. The van der Waals surface area contributed by atoms with Crippen molar-refractivity contribution in [3.63, 3.8) is 0 Å². The van der Waals surface area contributed by atoms with Gasteiger partial charge >= 0.3 is 0 Å². The lowest BCUT2D eigenvalue weighted by Gasteiger charge is -2.30. The van der Waals surface area contributed by atoms with Crippen molar-refractivity contribution in [1.82, 2.24) is 14.9 Å². The summed E-state index contributed by atoms with van der Waals surface area (Å²) in [5.41, 5.74) is 2.79. The second kappa shape index (κ2) is 7.17. The normalized spacial score (nSPS) is 16.1. The van der Waals surface area contributed by atoms with Crippen molar-refractivity contribution >= 4 is 21.9 Å². The predicted octanol–water partition coefficient (Wildman–Crippen LogP) is 2.07. The van der Waals surface area contributed by atoms with Crippen LogP contribution in [0.15, 0.2) is 41.1 Å². The quantitative estimate of drug-likeness (QED) is 0.852. The van der Waals surface area contributed by atoms with Gasteiger partial charge in [-0.05, 0) is 33.5 Å². The Morgan fingerprint density at radius 3 is 2.73 bits per heavy atom. The smallest absolute Gasteiger partial charge is 0.222 e. The molecule has 5 nitrogen and oxygen atoms in total. The second-order valence-electron chi connectivity index (χ2n) is 5.51. The molecule has 1 aromatic heterocycles. The first kappa shape index (κ1) is 15.4. The molecule has 1 aliphatic rings. The zero-order valence-corrected chi connectivity index (χ0v) is 13.8. The Labute approximate surface area is 138 Å². The van der Waals surface area contributed by atoms with E-state index in [-0.39, 0.29) is 0 Å². The molecule has 0 aliphatic carbocycles. The van der Waals surface area contributed by atoms with E-state index in [4.69, 9.17) is 0 Å². The molecule has 0 spiro atoms. The fraction of sp³-hybridized carbons (Fsp3) is 0.375. The number of anilines is 1. The molecular weight excluding hydrogens is 344 g/mol.